The highest BCUT2D eigenvalue weighted by molar-refractivity contribution is 5.33. The van der Waals surface area contributed by atoms with Crippen LogP contribution in [0.4, 0.5) is 0 Å². The van der Waals surface area contributed by atoms with Crippen molar-refractivity contribution in [3.05, 3.63) is 35.8 Å². The van der Waals surface area contributed by atoms with Crippen LogP contribution in [0.5, 0.6) is 0 Å². The Morgan fingerprint density at radius 3 is 2.62 bits per heavy atom. The zero-order valence-electron chi connectivity index (χ0n) is 21.1. The molecule has 0 radical (unpaired) electrons. The molecule has 2 unspecified atom stereocenters. The van der Waals surface area contributed by atoms with Crippen LogP contribution in [0.1, 0.15) is 83.6 Å². The second-order valence-corrected chi connectivity index (χ2v) is 12.5. The minimum Gasteiger partial charge on any atom is -0.472 e. The lowest BCUT2D eigenvalue weighted by Gasteiger charge is -2.62. The van der Waals surface area contributed by atoms with Gasteiger partial charge in [-0.25, -0.2) is 0 Å². The number of rotatable bonds is 5. The third-order valence-electron chi connectivity index (χ3n) is 11.3. The molecule has 5 aliphatic rings. The number of fused-ring (bicyclic) bond motifs is 5. The van der Waals surface area contributed by atoms with Crippen LogP contribution in [0.2, 0.25) is 0 Å². The standard InChI is InChI=1S/C29H43NO4/c1-26-10-7-23(34-18-16-30-14-3-4-15-30)19-21(26)5-6-25-24(26)8-11-27(2)28(31,12-13-29(25,27)32)22-9-17-33-20-22/h9,17,19-20,23-25,31-32H,3-8,10-16,18H2,1-2H3/t23?,24-,25-,26+,27-,28?,29-/m1/s1. The monoisotopic (exact) mass is 469 g/mol. The van der Waals surface area contributed by atoms with Gasteiger partial charge in [-0.3, -0.25) is 0 Å². The largest absolute Gasteiger partial charge is 0.472 e. The van der Waals surface area contributed by atoms with Gasteiger partial charge in [0.25, 0.3) is 0 Å². The van der Waals surface area contributed by atoms with Gasteiger partial charge in [0.05, 0.1) is 30.8 Å². The number of likely N-dealkylation sites (tertiary alicyclic amines) is 1. The molecule has 1 saturated heterocycles. The summed E-state index contributed by atoms with van der Waals surface area (Å²) in [4.78, 5) is 2.53. The molecule has 0 spiro atoms. The zero-order valence-corrected chi connectivity index (χ0v) is 21.1. The minimum absolute atomic E-state index is 0.144. The van der Waals surface area contributed by atoms with Gasteiger partial charge < -0.3 is 24.3 Å². The summed E-state index contributed by atoms with van der Waals surface area (Å²) in [5.74, 6) is 0.713. The summed E-state index contributed by atoms with van der Waals surface area (Å²) in [5, 5.41) is 24.2. The molecule has 34 heavy (non-hydrogen) atoms. The molecule has 2 N–H and O–H groups in total. The van der Waals surface area contributed by atoms with Gasteiger partial charge in [-0.05, 0) is 101 Å². The van der Waals surface area contributed by atoms with E-state index in [0.717, 1.165) is 57.2 Å². The highest BCUT2D eigenvalue weighted by Crippen LogP contribution is 2.71. The van der Waals surface area contributed by atoms with Gasteiger partial charge in [-0.2, -0.15) is 0 Å². The van der Waals surface area contributed by atoms with Gasteiger partial charge >= 0.3 is 0 Å². The Bertz CT molecular complexity index is 923. The maximum atomic E-state index is 12.3. The minimum atomic E-state index is -1.02. The first-order valence-corrected chi connectivity index (χ1v) is 13.8. The first-order chi connectivity index (χ1) is 16.3. The molecule has 0 amide bonds. The Balaban J connectivity index is 1.20. The van der Waals surface area contributed by atoms with Crippen LogP contribution in [0.25, 0.3) is 0 Å². The van der Waals surface area contributed by atoms with Crippen molar-refractivity contribution in [3.8, 4) is 0 Å². The van der Waals surface area contributed by atoms with E-state index in [4.69, 9.17) is 9.15 Å². The quantitative estimate of drug-likeness (QED) is 0.593. The smallest absolute Gasteiger partial charge is 0.101 e. The van der Waals surface area contributed by atoms with E-state index < -0.39 is 16.6 Å². The fraction of sp³-hybridized carbons (Fsp3) is 0.793. The molecule has 6 rings (SSSR count). The number of aliphatic hydroxyl groups is 2. The summed E-state index contributed by atoms with van der Waals surface area (Å²) >= 11 is 0. The average Bonchev–Trinajstić information content (AvgIpc) is 3.57. The van der Waals surface area contributed by atoms with Gasteiger partial charge in [0.2, 0.25) is 0 Å². The SMILES string of the molecule is C[C@]12CCC(OCCN3CCCC3)C=C1CC[C@@H]1[C@H]2CC[C@]2(C)C(O)(c3ccoc3)CC[C@@]12O. The second-order valence-electron chi connectivity index (χ2n) is 12.5. The lowest BCUT2D eigenvalue weighted by atomic mass is 9.44. The van der Waals surface area contributed by atoms with Crippen molar-refractivity contribution >= 4 is 0 Å². The van der Waals surface area contributed by atoms with Crippen molar-refractivity contribution in [2.45, 2.75) is 95.4 Å². The van der Waals surface area contributed by atoms with E-state index in [-0.39, 0.29) is 17.4 Å². The lowest BCUT2D eigenvalue weighted by Crippen LogP contribution is -2.63. The number of hydrogen-bond donors (Lipinski definition) is 2. The average molecular weight is 470 g/mol. The molecule has 4 fully saturated rings. The summed E-state index contributed by atoms with van der Waals surface area (Å²) < 4.78 is 11.7. The van der Waals surface area contributed by atoms with Crippen LogP contribution in [-0.2, 0) is 10.3 Å². The molecule has 5 nitrogen and oxygen atoms in total. The van der Waals surface area contributed by atoms with Crippen molar-refractivity contribution in [2.75, 3.05) is 26.2 Å². The Morgan fingerprint density at radius 1 is 1.03 bits per heavy atom. The lowest BCUT2D eigenvalue weighted by molar-refractivity contribution is -0.222. The van der Waals surface area contributed by atoms with E-state index in [1.807, 2.05) is 6.07 Å². The molecule has 1 aromatic heterocycles. The van der Waals surface area contributed by atoms with Gasteiger partial charge in [0.15, 0.2) is 0 Å². The van der Waals surface area contributed by atoms with Gasteiger partial charge in [0.1, 0.15) is 5.60 Å². The summed E-state index contributed by atoms with van der Waals surface area (Å²) in [7, 11) is 0. The number of ether oxygens (including phenoxy) is 1. The van der Waals surface area contributed by atoms with Crippen molar-refractivity contribution in [3.63, 3.8) is 0 Å². The molecule has 2 heterocycles. The summed E-state index contributed by atoms with van der Waals surface area (Å²) in [6, 6.07) is 1.89. The molecule has 7 atom stereocenters. The van der Waals surface area contributed by atoms with E-state index >= 15 is 0 Å². The number of hydrogen-bond acceptors (Lipinski definition) is 5. The number of nitrogens with zero attached hydrogens (tertiary/aromatic N) is 1. The molecule has 3 saturated carbocycles. The number of allylic oxidation sites excluding steroid dienone is 1. The predicted octanol–water partition coefficient (Wildman–Crippen LogP) is 5.03. The Morgan fingerprint density at radius 2 is 1.85 bits per heavy atom. The van der Waals surface area contributed by atoms with Crippen LogP contribution < -0.4 is 0 Å². The molecular weight excluding hydrogens is 426 g/mol. The third-order valence-corrected chi connectivity index (χ3v) is 11.3. The highest BCUT2D eigenvalue weighted by atomic mass is 16.5. The molecule has 5 heteroatoms. The molecule has 0 bridgehead atoms. The molecule has 1 aromatic rings. The van der Waals surface area contributed by atoms with Crippen molar-refractivity contribution in [1.82, 2.24) is 4.90 Å². The van der Waals surface area contributed by atoms with E-state index in [2.05, 4.69) is 24.8 Å². The van der Waals surface area contributed by atoms with Crippen LogP contribution in [-0.4, -0.2) is 53.1 Å². The first-order valence-electron chi connectivity index (χ1n) is 13.8. The van der Waals surface area contributed by atoms with Crippen molar-refractivity contribution < 1.29 is 19.4 Å². The molecule has 188 valence electrons. The van der Waals surface area contributed by atoms with Crippen LogP contribution in [0.3, 0.4) is 0 Å². The fourth-order valence-corrected chi connectivity index (χ4v) is 9.12. The molecule has 1 aliphatic heterocycles. The predicted molar refractivity (Wildman–Crippen MR) is 131 cm³/mol. The summed E-state index contributed by atoms with van der Waals surface area (Å²) in [6.07, 6.45) is 16.2. The van der Waals surface area contributed by atoms with E-state index in [1.54, 1.807) is 18.1 Å². The third kappa shape index (κ3) is 3.19. The topological polar surface area (TPSA) is 66.1 Å². The van der Waals surface area contributed by atoms with E-state index in [0.29, 0.717) is 18.8 Å². The van der Waals surface area contributed by atoms with Crippen molar-refractivity contribution in [2.24, 2.45) is 22.7 Å². The molecule has 0 aromatic carbocycles. The van der Waals surface area contributed by atoms with Crippen molar-refractivity contribution in [1.29, 1.82) is 0 Å². The maximum absolute atomic E-state index is 12.3. The zero-order chi connectivity index (χ0) is 23.6. The number of furan rings is 1. The normalized spacial score (nSPS) is 46.6. The van der Waals surface area contributed by atoms with Crippen LogP contribution in [0, 0.1) is 22.7 Å². The van der Waals surface area contributed by atoms with Gasteiger partial charge in [-0.1, -0.05) is 25.5 Å². The summed E-state index contributed by atoms with van der Waals surface area (Å²) in [6.45, 7) is 8.96. The highest BCUT2D eigenvalue weighted by Gasteiger charge is 2.71. The van der Waals surface area contributed by atoms with E-state index in [9.17, 15) is 10.2 Å². The van der Waals surface area contributed by atoms with Crippen LogP contribution in [0.15, 0.2) is 34.7 Å². The van der Waals surface area contributed by atoms with Crippen LogP contribution >= 0.6 is 0 Å². The Hall–Kier alpha value is -1.14. The first kappa shape index (κ1) is 23.3. The fourth-order valence-electron chi connectivity index (χ4n) is 9.12. The molecular formula is C29H43NO4. The van der Waals surface area contributed by atoms with Gasteiger partial charge in [0, 0.05) is 17.5 Å². The summed E-state index contributed by atoms with van der Waals surface area (Å²) in [5.41, 5.74) is 0.154. The Labute approximate surface area is 204 Å². The van der Waals surface area contributed by atoms with Gasteiger partial charge in [-0.15, -0.1) is 0 Å². The maximum Gasteiger partial charge on any atom is 0.101 e. The second kappa shape index (κ2) is 8.19. The Kier molecular flexibility index (Phi) is 5.61. The molecule has 4 aliphatic carbocycles. The van der Waals surface area contributed by atoms with E-state index in [1.165, 1.54) is 25.9 Å².